The van der Waals surface area contributed by atoms with Gasteiger partial charge in [0, 0.05) is 0 Å². The Morgan fingerprint density at radius 1 is 1.45 bits per heavy atom. The van der Waals surface area contributed by atoms with Crippen LogP contribution in [-0.2, 0) is 14.6 Å². The lowest BCUT2D eigenvalue weighted by atomic mass is 10.2. The molecule has 3 heterocycles. The number of sulfone groups is 1. The predicted octanol–water partition coefficient (Wildman–Crippen LogP) is 2.22. The second-order valence-corrected chi connectivity index (χ2v) is 8.91. The summed E-state index contributed by atoms with van der Waals surface area (Å²) in [6.45, 7) is 0. The Bertz CT molecular complexity index is 762. The van der Waals surface area contributed by atoms with Gasteiger partial charge in [-0.15, -0.1) is 0 Å². The van der Waals surface area contributed by atoms with Crippen LogP contribution in [0.2, 0.25) is 0 Å². The van der Waals surface area contributed by atoms with E-state index in [1.165, 1.54) is 16.7 Å². The third kappa shape index (κ3) is 3.18. The van der Waals surface area contributed by atoms with Gasteiger partial charge in [-0.2, -0.15) is 0 Å². The van der Waals surface area contributed by atoms with Crippen molar-refractivity contribution in [3.8, 4) is 0 Å². The highest BCUT2D eigenvalue weighted by molar-refractivity contribution is 8.26. The molecule has 5 nitrogen and oxygen atoms in total. The maximum Gasteiger partial charge on any atom is 0.266 e. The number of carbonyl (C=O) groups is 1. The summed E-state index contributed by atoms with van der Waals surface area (Å²) in [5.74, 6) is 0.580. The monoisotopic (exact) mass is 355 g/mol. The standard InChI is InChI=1S/C14H13NO4S3/c16-13-12(5-1-3-11-4-2-7-19-11)21-14(20)15(13)10-6-8-22(17,18)9-10/h1-5,7,10H,6,8-9H2/b3-1+,12-5-. The zero-order valence-corrected chi connectivity index (χ0v) is 13.9. The van der Waals surface area contributed by atoms with Crippen molar-refractivity contribution in [1.29, 1.82) is 0 Å². The van der Waals surface area contributed by atoms with E-state index in [9.17, 15) is 13.2 Å². The van der Waals surface area contributed by atoms with Crippen molar-refractivity contribution in [2.75, 3.05) is 11.5 Å². The Balaban J connectivity index is 1.74. The Kier molecular flexibility index (Phi) is 4.24. The van der Waals surface area contributed by atoms with Crippen molar-refractivity contribution in [3.05, 3.63) is 41.2 Å². The van der Waals surface area contributed by atoms with Gasteiger partial charge in [0.1, 0.15) is 10.1 Å². The molecule has 1 aromatic rings. The molecule has 0 saturated carbocycles. The first-order chi connectivity index (χ1) is 10.5. The highest BCUT2D eigenvalue weighted by Crippen LogP contribution is 2.35. The first-order valence-electron chi connectivity index (χ1n) is 6.64. The molecule has 0 radical (unpaired) electrons. The van der Waals surface area contributed by atoms with Crippen LogP contribution >= 0.6 is 24.0 Å². The number of thiocarbonyl (C=S) groups is 1. The maximum atomic E-state index is 12.4. The molecule has 22 heavy (non-hydrogen) atoms. The minimum absolute atomic E-state index is 0.00501. The number of amides is 1. The quantitative estimate of drug-likeness (QED) is 0.612. The summed E-state index contributed by atoms with van der Waals surface area (Å²) in [5.41, 5.74) is 0. The van der Waals surface area contributed by atoms with Crippen LogP contribution in [0.4, 0.5) is 0 Å². The third-order valence-electron chi connectivity index (χ3n) is 3.45. The van der Waals surface area contributed by atoms with Crippen molar-refractivity contribution in [1.82, 2.24) is 4.90 Å². The Labute approximate surface area is 138 Å². The van der Waals surface area contributed by atoms with Crippen LogP contribution in [0.1, 0.15) is 12.2 Å². The van der Waals surface area contributed by atoms with E-state index in [1.54, 1.807) is 36.6 Å². The van der Waals surface area contributed by atoms with Gasteiger partial charge in [0.05, 0.1) is 28.7 Å². The second-order valence-electron chi connectivity index (χ2n) is 5.01. The topological polar surface area (TPSA) is 67.6 Å². The lowest BCUT2D eigenvalue weighted by Crippen LogP contribution is -2.39. The number of allylic oxidation sites excluding steroid dienone is 2. The first kappa shape index (κ1) is 15.5. The van der Waals surface area contributed by atoms with E-state index in [0.29, 0.717) is 21.4 Å². The molecule has 2 saturated heterocycles. The summed E-state index contributed by atoms with van der Waals surface area (Å²) < 4.78 is 28.7. The fourth-order valence-corrected chi connectivity index (χ4v) is 5.46. The molecular weight excluding hydrogens is 342 g/mol. The zero-order valence-electron chi connectivity index (χ0n) is 11.5. The van der Waals surface area contributed by atoms with Gasteiger partial charge in [-0.1, -0.05) is 30.1 Å². The molecule has 8 heteroatoms. The molecule has 2 aliphatic rings. The van der Waals surface area contributed by atoms with Crippen molar-refractivity contribution >= 4 is 50.1 Å². The lowest BCUT2D eigenvalue weighted by molar-refractivity contribution is -0.123. The number of rotatable bonds is 3. The molecule has 1 amide bonds. The Hall–Kier alpha value is -1.38. The Morgan fingerprint density at radius 2 is 2.27 bits per heavy atom. The van der Waals surface area contributed by atoms with Crippen LogP contribution < -0.4 is 0 Å². The van der Waals surface area contributed by atoms with Crippen molar-refractivity contribution in [2.24, 2.45) is 0 Å². The number of thioether (sulfide) groups is 1. The summed E-state index contributed by atoms with van der Waals surface area (Å²) >= 11 is 6.42. The summed E-state index contributed by atoms with van der Waals surface area (Å²) in [4.78, 5) is 14.3. The van der Waals surface area contributed by atoms with Gasteiger partial charge in [0.25, 0.3) is 5.91 Å². The van der Waals surface area contributed by atoms with E-state index in [4.69, 9.17) is 16.6 Å². The van der Waals surface area contributed by atoms with E-state index < -0.39 is 9.84 Å². The van der Waals surface area contributed by atoms with Crippen LogP contribution in [-0.4, -0.2) is 41.1 Å². The molecule has 0 aromatic carbocycles. The van der Waals surface area contributed by atoms with Crippen molar-refractivity contribution in [3.63, 3.8) is 0 Å². The van der Waals surface area contributed by atoms with Gasteiger partial charge >= 0.3 is 0 Å². The number of hydrogen-bond acceptors (Lipinski definition) is 6. The smallest absolute Gasteiger partial charge is 0.266 e. The fourth-order valence-electron chi connectivity index (χ4n) is 2.40. The van der Waals surface area contributed by atoms with Gasteiger partial charge in [0.2, 0.25) is 0 Å². The third-order valence-corrected chi connectivity index (χ3v) is 6.55. The van der Waals surface area contributed by atoms with Gasteiger partial charge in [0.15, 0.2) is 9.84 Å². The molecule has 116 valence electrons. The zero-order chi connectivity index (χ0) is 15.7. The van der Waals surface area contributed by atoms with Crippen LogP contribution in [0.15, 0.2) is 39.9 Å². The maximum absolute atomic E-state index is 12.4. The van der Waals surface area contributed by atoms with E-state index in [-0.39, 0.29) is 23.5 Å². The molecule has 0 bridgehead atoms. The number of furan rings is 1. The minimum Gasteiger partial charge on any atom is -0.465 e. The average Bonchev–Trinajstić information content (AvgIpc) is 3.12. The van der Waals surface area contributed by atoms with E-state index in [2.05, 4.69) is 0 Å². The van der Waals surface area contributed by atoms with E-state index in [0.717, 1.165) is 0 Å². The molecule has 1 aromatic heterocycles. The van der Waals surface area contributed by atoms with Crippen LogP contribution in [0, 0.1) is 0 Å². The van der Waals surface area contributed by atoms with Crippen LogP contribution in [0.3, 0.4) is 0 Å². The largest absolute Gasteiger partial charge is 0.465 e. The summed E-state index contributed by atoms with van der Waals surface area (Å²) in [5, 5.41) is 0. The predicted molar refractivity (Wildman–Crippen MR) is 89.9 cm³/mol. The highest BCUT2D eigenvalue weighted by atomic mass is 32.2. The van der Waals surface area contributed by atoms with Crippen molar-refractivity contribution < 1.29 is 17.6 Å². The normalized spacial score (nSPS) is 26.6. The van der Waals surface area contributed by atoms with Crippen LogP contribution in [0.5, 0.6) is 0 Å². The summed E-state index contributed by atoms with van der Waals surface area (Å²) in [6, 6.07) is 3.25. The lowest BCUT2D eigenvalue weighted by Gasteiger charge is -2.20. The molecular formula is C14H13NO4S3. The van der Waals surface area contributed by atoms with Gasteiger partial charge in [-0.05, 0) is 30.7 Å². The van der Waals surface area contributed by atoms with Crippen LogP contribution in [0.25, 0.3) is 6.08 Å². The first-order valence-corrected chi connectivity index (χ1v) is 9.68. The summed E-state index contributed by atoms with van der Waals surface area (Å²) in [6.07, 6.45) is 7.15. The minimum atomic E-state index is -3.05. The second kappa shape index (κ2) is 6.02. The fraction of sp³-hybridized carbons (Fsp3) is 0.286. The molecule has 2 aliphatic heterocycles. The number of nitrogens with zero attached hydrogens (tertiary/aromatic N) is 1. The van der Waals surface area contributed by atoms with Gasteiger partial charge in [-0.25, -0.2) is 8.42 Å². The number of carbonyl (C=O) groups excluding carboxylic acids is 1. The molecule has 0 spiro atoms. The SMILES string of the molecule is O=C1/C(=C/C=C/c2ccco2)SC(=S)N1C1CCS(=O)(=O)C1. The molecule has 2 fully saturated rings. The van der Waals surface area contributed by atoms with Gasteiger partial charge < -0.3 is 4.42 Å². The molecule has 0 aliphatic carbocycles. The number of hydrogen-bond donors (Lipinski definition) is 0. The van der Waals surface area contributed by atoms with Crippen molar-refractivity contribution in [2.45, 2.75) is 12.5 Å². The molecule has 3 rings (SSSR count). The van der Waals surface area contributed by atoms with E-state index in [1.807, 2.05) is 0 Å². The summed E-state index contributed by atoms with van der Waals surface area (Å²) in [7, 11) is -3.05. The highest BCUT2D eigenvalue weighted by Gasteiger charge is 2.41. The average molecular weight is 355 g/mol. The Morgan fingerprint density at radius 3 is 2.91 bits per heavy atom. The molecule has 1 atom stereocenters. The molecule has 1 unspecified atom stereocenters. The van der Waals surface area contributed by atoms with E-state index >= 15 is 0 Å². The molecule has 0 N–H and O–H groups in total. The van der Waals surface area contributed by atoms with Gasteiger partial charge in [-0.3, -0.25) is 9.69 Å².